The van der Waals surface area contributed by atoms with E-state index in [2.05, 4.69) is 9.72 Å². The number of nitrogens with zero attached hydrogens (tertiary/aromatic N) is 1. The molecule has 0 fully saturated rings. The van der Waals surface area contributed by atoms with Gasteiger partial charge >= 0.3 is 5.97 Å². The van der Waals surface area contributed by atoms with Crippen LogP contribution in [-0.4, -0.2) is 23.2 Å². The molecule has 0 aliphatic carbocycles. The second-order valence-corrected chi connectivity index (χ2v) is 4.92. The zero-order valence-corrected chi connectivity index (χ0v) is 11.2. The first-order valence-corrected chi connectivity index (χ1v) is 6.46. The number of esters is 1. The van der Waals surface area contributed by atoms with Gasteiger partial charge in [0, 0.05) is 16.0 Å². The molecular weight excluding hydrogens is 262 g/mol. The maximum Gasteiger partial charge on any atom is 0.356 e. The van der Waals surface area contributed by atoms with Gasteiger partial charge in [-0.3, -0.25) is 0 Å². The Hall–Kier alpha value is -1.85. The summed E-state index contributed by atoms with van der Waals surface area (Å²) in [6.45, 7) is 0.0344. The largest absolute Gasteiger partial charge is 0.464 e. The monoisotopic (exact) mass is 275 g/mol. The van der Waals surface area contributed by atoms with Crippen LogP contribution < -0.4 is 0 Å². The van der Waals surface area contributed by atoms with Crippen molar-refractivity contribution in [2.45, 2.75) is 16.4 Å². The number of aromatic nitrogens is 1. The van der Waals surface area contributed by atoms with Crippen LogP contribution in [0.2, 0.25) is 0 Å². The summed E-state index contributed by atoms with van der Waals surface area (Å²) < 4.78 is 4.63. The van der Waals surface area contributed by atoms with Crippen molar-refractivity contribution < 1.29 is 14.6 Å². The van der Waals surface area contributed by atoms with E-state index in [-0.39, 0.29) is 6.61 Å². The van der Waals surface area contributed by atoms with Crippen molar-refractivity contribution >= 4 is 17.7 Å². The van der Waals surface area contributed by atoms with Crippen molar-refractivity contribution in [1.29, 1.82) is 0 Å². The topological polar surface area (TPSA) is 59.4 Å². The van der Waals surface area contributed by atoms with Gasteiger partial charge < -0.3 is 9.84 Å². The van der Waals surface area contributed by atoms with Gasteiger partial charge in [-0.2, -0.15) is 0 Å². The van der Waals surface area contributed by atoms with Crippen LogP contribution >= 0.6 is 11.8 Å². The predicted octanol–water partition coefficient (Wildman–Crippen LogP) is 2.51. The van der Waals surface area contributed by atoms with E-state index in [9.17, 15) is 4.79 Å². The van der Waals surface area contributed by atoms with Crippen molar-refractivity contribution in [2.75, 3.05) is 7.11 Å². The number of carbonyl (C=O) groups excluding carboxylic acids is 1. The lowest BCUT2D eigenvalue weighted by atomic mass is 10.2. The first kappa shape index (κ1) is 13.6. The van der Waals surface area contributed by atoms with Gasteiger partial charge in [0.25, 0.3) is 0 Å². The fourth-order valence-corrected chi connectivity index (χ4v) is 2.33. The molecule has 98 valence electrons. The average molecular weight is 275 g/mol. The normalized spacial score (nSPS) is 10.2. The molecule has 0 saturated heterocycles. The molecule has 2 aromatic rings. The Kier molecular flexibility index (Phi) is 4.54. The summed E-state index contributed by atoms with van der Waals surface area (Å²) >= 11 is 1.52. The zero-order valence-electron chi connectivity index (χ0n) is 10.4. The summed E-state index contributed by atoms with van der Waals surface area (Å²) in [5, 5.41) is 8.98. The van der Waals surface area contributed by atoms with Crippen LogP contribution in [0.25, 0.3) is 0 Å². The Labute approximate surface area is 115 Å². The first-order chi connectivity index (χ1) is 9.22. The molecule has 0 spiro atoms. The van der Waals surface area contributed by atoms with Crippen molar-refractivity contribution in [3.63, 3.8) is 0 Å². The first-order valence-electron chi connectivity index (χ1n) is 5.65. The van der Waals surface area contributed by atoms with Gasteiger partial charge in [-0.15, -0.1) is 0 Å². The third-order valence-electron chi connectivity index (χ3n) is 2.47. The molecule has 1 aromatic carbocycles. The van der Waals surface area contributed by atoms with E-state index in [0.717, 1.165) is 15.4 Å². The summed E-state index contributed by atoms with van der Waals surface area (Å²) in [6, 6.07) is 11.1. The smallest absolute Gasteiger partial charge is 0.356 e. The second-order valence-electron chi connectivity index (χ2n) is 3.77. The third kappa shape index (κ3) is 3.56. The van der Waals surface area contributed by atoms with E-state index in [1.165, 1.54) is 18.9 Å². The SMILES string of the molecule is COC(=O)c1cc(Sc2ccc(CO)cc2)ccn1. The highest BCUT2D eigenvalue weighted by Crippen LogP contribution is 2.27. The molecule has 0 saturated carbocycles. The minimum absolute atomic E-state index is 0.0344. The maximum absolute atomic E-state index is 11.4. The van der Waals surface area contributed by atoms with Gasteiger partial charge in [-0.05, 0) is 29.8 Å². The Morgan fingerprint density at radius 2 is 2.00 bits per heavy atom. The van der Waals surface area contributed by atoms with Gasteiger partial charge in [0.15, 0.2) is 0 Å². The molecule has 0 aliphatic rings. The van der Waals surface area contributed by atoms with Gasteiger partial charge in [0.05, 0.1) is 13.7 Å². The van der Waals surface area contributed by atoms with Crippen molar-refractivity contribution in [1.82, 2.24) is 4.98 Å². The van der Waals surface area contributed by atoms with E-state index in [1.807, 2.05) is 30.3 Å². The highest BCUT2D eigenvalue weighted by molar-refractivity contribution is 7.99. The van der Waals surface area contributed by atoms with Gasteiger partial charge in [-0.25, -0.2) is 9.78 Å². The lowest BCUT2D eigenvalue weighted by Crippen LogP contribution is -2.03. The molecule has 0 atom stereocenters. The molecule has 0 unspecified atom stereocenters. The van der Waals surface area contributed by atoms with Crippen molar-refractivity contribution in [3.8, 4) is 0 Å². The lowest BCUT2D eigenvalue weighted by molar-refractivity contribution is 0.0593. The number of aliphatic hydroxyl groups excluding tert-OH is 1. The van der Waals surface area contributed by atoms with Crippen molar-refractivity contribution in [2.24, 2.45) is 0 Å². The van der Waals surface area contributed by atoms with E-state index in [0.29, 0.717) is 5.69 Å². The molecule has 0 aliphatic heterocycles. The molecule has 1 aromatic heterocycles. The van der Waals surface area contributed by atoms with Gasteiger partial charge in [0.2, 0.25) is 0 Å². The molecule has 0 bridgehead atoms. The predicted molar refractivity (Wildman–Crippen MR) is 72.1 cm³/mol. The summed E-state index contributed by atoms with van der Waals surface area (Å²) in [5.41, 5.74) is 1.16. The Bertz CT molecular complexity index is 569. The minimum Gasteiger partial charge on any atom is -0.464 e. The average Bonchev–Trinajstić information content (AvgIpc) is 2.47. The number of aliphatic hydroxyl groups is 1. The van der Waals surface area contributed by atoms with Crippen LogP contribution in [0.4, 0.5) is 0 Å². The highest BCUT2D eigenvalue weighted by Gasteiger charge is 2.08. The number of hydrogen-bond donors (Lipinski definition) is 1. The van der Waals surface area contributed by atoms with E-state index in [1.54, 1.807) is 12.3 Å². The molecule has 4 nitrogen and oxygen atoms in total. The molecule has 1 heterocycles. The second kappa shape index (κ2) is 6.36. The van der Waals surface area contributed by atoms with Crippen LogP contribution in [0, 0.1) is 0 Å². The fraction of sp³-hybridized carbons (Fsp3) is 0.143. The molecule has 2 rings (SSSR count). The van der Waals surface area contributed by atoms with Crippen LogP contribution in [0.5, 0.6) is 0 Å². The molecule has 0 radical (unpaired) electrons. The number of methoxy groups -OCH3 is 1. The molecule has 0 amide bonds. The Morgan fingerprint density at radius 3 is 2.63 bits per heavy atom. The van der Waals surface area contributed by atoms with E-state index < -0.39 is 5.97 Å². The number of rotatable bonds is 4. The number of ether oxygens (including phenoxy) is 1. The molecular formula is C14H13NO3S. The summed E-state index contributed by atoms with van der Waals surface area (Å²) in [7, 11) is 1.33. The summed E-state index contributed by atoms with van der Waals surface area (Å²) in [4.78, 5) is 17.3. The van der Waals surface area contributed by atoms with Crippen LogP contribution in [0.15, 0.2) is 52.4 Å². The maximum atomic E-state index is 11.4. The quantitative estimate of drug-likeness (QED) is 0.869. The van der Waals surface area contributed by atoms with Crippen LogP contribution in [0.3, 0.4) is 0 Å². The lowest BCUT2D eigenvalue weighted by Gasteiger charge is -2.04. The van der Waals surface area contributed by atoms with Crippen LogP contribution in [-0.2, 0) is 11.3 Å². The summed E-state index contributed by atoms with van der Waals surface area (Å²) in [5.74, 6) is -0.446. The number of carbonyl (C=O) groups is 1. The van der Waals surface area contributed by atoms with Crippen molar-refractivity contribution in [3.05, 3.63) is 53.9 Å². The zero-order chi connectivity index (χ0) is 13.7. The highest BCUT2D eigenvalue weighted by atomic mass is 32.2. The van der Waals surface area contributed by atoms with Gasteiger partial charge in [-0.1, -0.05) is 23.9 Å². The van der Waals surface area contributed by atoms with E-state index in [4.69, 9.17) is 5.11 Å². The van der Waals surface area contributed by atoms with Crippen LogP contribution in [0.1, 0.15) is 16.1 Å². The number of pyridine rings is 1. The number of benzene rings is 1. The standard InChI is InChI=1S/C14H13NO3S/c1-18-14(17)13-8-12(6-7-15-13)19-11-4-2-10(9-16)3-5-11/h2-8,16H,9H2,1H3. The minimum atomic E-state index is -0.446. The Balaban J connectivity index is 2.16. The Morgan fingerprint density at radius 1 is 1.26 bits per heavy atom. The number of hydrogen-bond acceptors (Lipinski definition) is 5. The molecule has 19 heavy (non-hydrogen) atoms. The molecule has 1 N–H and O–H groups in total. The molecule has 5 heteroatoms. The fourth-order valence-electron chi connectivity index (χ4n) is 1.49. The summed E-state index contributed by atoms with van der Waals surface area (Å²) in [6.07, 6.45) is 1.58. The van der Waals surface area contributed by atoms with E-state index >= 15 is 0 Å². The third-order valence-corrected chi connectivity index (χ3v) is 3.47. The van der Waals surface area contributed by atoms with Gasteiger partial charge in [0.1, 0.15) is 5.69 Å².